The van der Waals surface area contributed by atoms with Gasteiger partial charge in [0, 0.05) is 32.6 Å². The van der Waals surface area contributed by atoms with Crippen molar-refractivity contribution in [3.8, 4) is 0 Å². The van der Waals surface area contributed by atoms with Gasteiger partial charge in [0.2, 0.25) is 0 Å². The maximum atomic E-state index is 4.18. The van der Waals surface area contributed by atoms with Crippen molar-refractivity contribution in [3.63, 3.8) is 0 Å². The molecular weight excluding hydrogens is 190 g/mol. The third-order valence-corrected chi connectivity index (χ3v) is 3.64. The summed E-state index contributed by atoms with van der Waals surface area (Å²) < 4.78 is 2.68. The van der Waals surface area contributed by atoms with Crippen LogP contribution in [0.1, 0.15) is 5.56 Å². The molecule has 0 aliphatic carbocycles. The number of thiophene rings is 1. The highest BCUT2D eigenvalue weighted by atomic mass is 32.1. The number of rotatable bonds is 0. The Labute approximate surface area is 86.0 Å². The molecule has 68 valence electrons. The van der Waals surface area contributed by atoms with Gasteiger partial charge in [0.1, 0.15) is 0 Å². The highest BCUT2D eigenvalue weighted by molar-refractivity contribution is 7.25. The van der Waals surface area contributed by atoms with Crippen molar-refractivity contribution in [2.45, 2.75) is 6.92 Å². The van der Waals surface area contributed by atoms with Gasteiger partial charge in [0.05, 0.1) is 0 Å². The lowest BCUT2D eigenvalue weighted by Crippen LogP contribution is -1.73. The SMILES string of the molecule is Cc1cccc2sc3ccncc3c12. The minimum Gasteiger partial charge on any atom is -0.264 e. The van der Waals surface area contributed by atoms with Crippen molar-refractivity contribution in [1.82, 2.24) is 4.98 Å². The zero-order chi connectivity index (χ0) is 9.54. The molecule has 0 radical (unpaired) electrons. The molecule has 0 saturated carbocycles. The fraction of sp³-hybridized carbons (Fsp3) is 0.0833. The van der Waals surface area contributed by atoms with Gasteiger partial charge < -0.3 is 0 Å². The van der Waals surface area contributed by atoms with Crippen LogP contribution in [0.15, 0.2) is 36.7 Å². The standard InChI is InChI=1S/C12H9NS/c1-8-3-2-4-11-12(8)9-7-13-6-5-10(9)14-11/h2-7H,1H3. The van der Waals surface area contributed by atoms with Gasteiger partial charge in [0.25, 0.3) is 0 Å². The maximum Gasteiger partial charge on any atom is 0.0386 e. The number of benzene rings is 1. The van der Waals surface area contributed by atoms with Gasteiger partial charge in [-0.3, -0.25) is 4.98 Å². The molecular formula is C12H9NS. The number of nitrogens with zero attached hydrogens (tertiary/aromatic N) is 1. The van der Waals surface area contributed by atoms with E-state index in [1.165, 1.54) is 25.7 Å². The Morgan fingerprint density at radius 3 is 3.00 bits per heavy atom. The van der Waals surface area contributed by atoms with Crippen LogP contribution in [0, 0.1) is 6.92 Å². The Bertz CT molecular complexity index is 610. The monoisotopic (exact) mass is 199 g/mol. The molecule has 2 heteroatoms. The number of pyridine rings is 1. The van der Waals surface area contributed by atoms with E-state index >= 15 is 0 Å². The maximum absolute atomic E-state index is 4.18. The normalized spacial score (nSPS) is 11.2. The van der Waals surface area contributed by atoms with Crippen LogP contribution in [-0.4, -0.2) is 4.98 Å². The Hall–Kier alpha value is -1.41. The van der Waals surface area contributed by atoms with Crippen LogP contribution in [-0.2, 0) is 0 Å². The van der Waals surface area contributed by atoms with E-state index in [2.05, 4.69) is 36.2 Å². The zero-order valence-electron chi connectivity index (χ0n) is 7.82. The van der Waals surface area contributed by atoms with E-state index in [-0.39, 0.29) is 0 Å². The molecule has 2 aromatic heterocycles. The van der Waals surface area contributed by atoms with Gasteiger partial charge in [0.15, 0.2) is 0 Å². The van der Waals surface area contributed by atoms with Gasteiger partial charge in [-0.1, -0.05) is 12.1 Å². The molecule has 0 bridgehead atoms. The Morgan fingerprint density at radius 2 is 2.07 bits per heavy atom. The van der Waals surface area contributed by atoms with Crippen LogP contribution in [0.5, 0.6) is 0 Å². The van der Waals surface area contributed by atoms with E-state index in [9.17, 15) is 0 Å². The average Bonchev–Trinajstić information content (AvgIpc) is 2.57. The first-order valence-corrected chi connectivity index (χ1v) is 5.40. The molecule has 3 aromatic rings. The van der Waals surface area contributed by atoms with Gasteiger partial charge in [-0.15, -0.1) is 11.3 Å². The number of hydrogen-bond donors (Lipinski definition) is 0. The van der Waals surface area contributed by atoms with E-state index in [1.54, 1.807) is 0 Å². The first-order valence-electron chi connectivity index (χ1n) is 4.58. The summed E-state index contributed by atoms with van der Waals surface area (Å²) in [7, 11) is 0. The van der Waals surface area contributed by atoms with Crippen LogP contribution >= 0.6 is 11.3 Å². The predicted molar refractivity (Wildman–Crippen MR) is 61.9 cm³/mol. The van der Waals surface area contributed by atoms with Gasteiger partial charge in [-0.25, -0.2) is 0 Å². The molecule has 0 spiro atoms. The molecule has 0 unspecified atom stereocenters. The summed E-state index contributed by atoms with van der Waals surface area (Å²) in [6.07, 6.45) is 3.81. The number of aromatic nitrogens is 1. The second kappa shape index (κ2) is 2.79. The van der Waals surface area contributed by atoms with Crippen LogP contribution in [0.4, 0.5) is 0 Å². The van der Waals surface area contributed by atoms with Crippen molar-refractivity contribution in [1.29, 1.82) is 0 Å². The quantitative estimate of drug-likeness (QED) is 0.537. The second-order valence-electron chi connectivity index (χ2n) is 3.42. The van der Waals surface area contributed by atoms with E-state index < -0.39 is 0 Å². The highest BCUT2D eigenvalue weighted by Crippen LogP contribution is 2.34. The Kier molecular flexibility index (Phi) is 1.58. The minimum absolute atomic E-state index is 1.28. The van der Waals surface area contributed by atoms with Crippen molar-refractivity contribution < 1.29 is 0 Å². The van der Waals surface area contributed by atoms with Crippen molar-refractivity contribution in [2.24, 2.45) is 0 Å². The summed E-state index contributed by atoms with van der Waals surface area (Å²) in [5.41, 5.74) is 1.33. The molecule has 1 aromatic carbocycles. The van der Waals surface area contributed by atoms with Gasteiger partial charge in [-0.05, 0) is 24.6 Å². The molecule has 0 fully saturated rings. The molecule has 0 aliphatic heterocycles. The summed E-state index contributed by atoms with van der Waals surface area (Å²) >= 11 is 1.84. The molecule has 2 heterocycles. The van der Waals surface area contributed by atoms with Crippen LogP contribution < -0.4 is 0 Å². The molecule has 0 atom stereocenters. The topological polar surface area (TPSA) is 12.9 Å². The van der Waals surface area contributed by atoms with Crippen LogP contribution in [0.3, 0.4) is 0 Å². The summed E-state index contributed by atoms with van der Waals surface area (Å²) in [5, 5.41) is 2.64. The zero-order valence-corrected chi connectivity index (χ0v) is 8.64. The summed E-state index contributed by atoms with van der Waals surface area (Å²) in [6, 6.07) is 8.52. The fourth-order valence-corrected chi connectivity index (χ4v) is 3.00. The fourth-order valence-electron chi connectivity index (χ4n) is 1.85. The molecule has 14 heavy (non-hydrogen) atoms. The van der Waals surface area contributed by atoms with Crippen molar-refractivity contribution >= 4 is 31.5 Å². The number of hydrogen-bond acceptors (Lipinski definition) is 2. The predicted octanol–water partition coefficient (Wildman–Crippen LogP) is 3.76. The van der Waals surface area contributed by atoms with Crippen molar-refractivity contribution in [2.75, 3.05) is 0 Å². The molecule has 0 aliphatic rings. The van der Waals surface area contributed by atoms with E-state index in [1.807, 2.05) is 23.7 Å². The Balaban J connectivity index is 2.65. The highest BCUT2D eigenvalue weighted by Gasteiger charge is 2.05. The van der Waals surface area contributed by atoms with Crippen LogP contribution in [0.25, 0.3) is 20.2 Å². The summed E-state index contributed by atoms with van der Waals surface area (Å²) in [5.74, 6) is 0. The molecule has 3 rings (SSSR count). The van der Waals surface area contributed by atoms with Gasteiger partial charge >= 0.3 is 0 Å². The first-order chi connectivity index (χ1) is 6.86. The molecule has 0 amide bonds. The summed E-state index contributed by atoms with van der Waals surface area (Å²) in [6.45, 7) is 2.15. The second-order valence-corrected chi connectivity index (χ2v) is 4.51. The third kappa shape index (κ3) is 0.976. The largest absolute Gasteiger partial charge is 0.264 e. The van der Waals surface area contributed by atoms with E-state index in [0.29, 0.717) is 0 Å². The average molecular weight is 199 g/mol. The lowest BCUT2D eigenvalue weighted by atomic mass is 10.1. The Morgan fingerprint density at radius 1 is 1.14 bits per heavy atom. The van der Waals surface area contributed by atoms with Crippen molar-refractivity contribution in [3.05, 3.63) is 42.2 Å². The van der Waals surface area contributed by atoms with Gasteiger partial charge in [-0.2, -0.15) is 0 Å². The summed E-state index contributed by atoms with van der Waals surface area (Å²) in [4.78, 5) is 4.18. The first kappa shape index (κ1) is 7.94. The molecule has 0 N–H and O–H groups in total. The molecule has 0 saturated heterocycles. The minimum atomic E-state index is 1.28. The third-order valence-electron chi connectivity index (χ3n) is 2.50. The lowest BCUT2D eigenvalue weighted by molar-refractivity contribution is 1.37. The number of aryl methyl sites for hydroxylation is 1. The molecule has 1 nitrogen and oxygen atoms in total. The number of fused-ring (bicyclic) bond motifs is 3. The lowest BCUT2D eigenvalue weighted by Gasteiger charge is -1.94. The van der Waals surface area contributed by atoms with E-state index in [0.717, 1.165) is 0 Å². The van der Waals surface area contributed by atoms with Crippen LogP contribution in [0.2, 0.25) is 0 Å². The smallest absolute Gasteiger partial charge is 0.0386 e. The van der Waals surface area contributed by atoms with E-state index in [4.69, 9.17) is 0 Å².